The third-order valence-corrected chi connectivity index (χ3v) is 6.67. The van der Waals surface area contributed by atoms with E-state index >= 15 is 0 Å². The van der Waals surface area contributed by atoms with Crippen molar-refractivity contribution in [2.75, 3.05) is 18.5 Å². The van der Waals surface area contributed by atoms with E-state index in [-0.39, 0.29) is 24.3 Å². The van der Waals surface area contributed by atoms with E-state index in [1.807, 2.05) is 43.3 Å². The van der Waals surface area contributed by atoms with Gasteiger partial charge in [0.25, 0.3) is 0 Å². The molecule has 162 valence electrons. The smallest absolute Gasteiger partial charge is 0.242 e. The molecule has 8 heteroatoms. The number of carbonyl (C=O) groups is 2. The first-order valence-corrected chi connectivity index (χ1v) is 11.5. The maximum absolute atomic E-state index is 13.2. The van der Waals surface area contributed by atoms with Crippen molar-refractivity contribution in [3.63, 3.8) is 0 Å². The number of amidine groups is 1. The summed E-state index contributed by atoms with van der Waals surface area (Å²) in [5.41, 5.74) is 2.34. The second-order valence-corrected chi connectivity index (χ2v) is 9.24. The zero-order valence-corrected chi connectivity index (χ0v) is 18.8. The Bertz CT molecular complexity index is 993. The number of hydrogen-bond acceptors (Lipinski definition) is 5. The van der Waals surface area contributed by atoms with Gasteiger partial charge in [-0.3, -0.25) is 14.5 Å². The maximum atomic E-state index is 13.2. The lowest BCUT2D eigenvalue weighted by Gasteiger charge is -2.20. The van der Waals surface area contributed by atoms with Crippen LogP contribution in [0.1, 0.15) is 24.8 Å². The summed E-state index contributed by atoms with van der Waals surface area (Å²) < 4.78 is 5.73. The molecule has 31 heavy (non-hydrogen) atoms. The third-order valence-electron chi connectivity index (χ3n) is 5.26. The first-order chi connectivity index (χ1) is 15.0. The molecular weight excluding hydrogens is 434 g/mol. The number of halogens is 1. The number of carbonyl (C=O) groups excluding carboxylic acids is 2. The van der Waals surface area contributed by atoms with Crippen LogP contribution >= 0.6 is 23.4 Å². The number of amides is 2. The van der Waals surface area contributed by atoms with Crippen LogP contribution in [0, 0.1) is 6.92 Å². The van der Waals surface area contributed by atoms with E-state index in [1.54, 1.807) is 17.0 Å². The molecule has 0 unspecified atom stereocenters. The molecule has 0 saturated carbocycles. The summed E-state index contributed by atoms with van der Waals surface area (Å²) in [6.07, 6.45) is 1.99. The molecule has 2 atom stereocenters. The SMILES string of the molecule is Cc1ccc(Cl)cc1NC(=O)C[C@@H]1SC(=Nc2ccccc2)N(C[C@@H]2CCCO2)C1=O. The molecule has 4 rings (SSSR count). The number of aryl methyl sites for hydroxylation is 1. The number of aliphatic imine (C=N–C) groups is 1. The van der Waals surface area contributed by atoms with Crippen LogP contribution < -0.4 is 5.32 Å². The Morgan fingerprint density at radius 3 is 2.84 bits per heavy atom. The first-order valence-electron chi connectivity index (χ1n) is 10.3. The predicted molar refractivity (Wildman–Crippen MR) is 125 cm³/mol. The predicted octanol–water partition coefficient (Wildman–Crippen LogP) is 4.79. The number of anilines is 1. The molecular formula is C23H24ClN3O3S. The third kappa shape index (κ3) is 5.47. The van der Waals surface area contributed by atoms with Crippen LogP contribution in [0.15, 0.2) is 53.5 Å². The van der Waals surface area contributed by atoms with Crippen molar-refractivity contribution in [1.82, 2.24) is 4.90 Å². The van der Waals surface area contributed by atoms with Crippen LogP contribution in [0.2, 0.25) is 5.02 Å². The second-order valence-electron chi connectivity index (χ2n) is 7.63. The highest BCUT2D eigenvalue weighted by Gasteiger charge is 2.40. The Hall–Kier alpha value is -2.35. The van der Waals surface area contributed by atoms with Gasteiger partial charge in [-0.1, -0.05) is 47.6 Å². The van der Waals surface area contributed by atoms with Gasteiger partial charge in [0.1, 0.15) is 5.25 Å². The Morgan fingerprint density at radius 2 is 2.10 bits per heavy atom. The minimum absolute atomic E-state index is 0.00668. The van der Waals surface area contributed by atoms with Crippen LogP contribution in [0.3, 0.4) is 0 Å². The summed E-state index contributed by atoms with van der Waals surface area (Å²) in [4.78, 5) is 32.2. The summed E-state index contributed by atoms with van der Waals surface area (Å²) in [5, 5.41) is 3.52. The average molecular weight is 458 g/mol. The minimum Gasteiger partial charge on any atom is -0.376 e. The highest BCUT2D eigenvalue weighted by Crippen LogP contribution is 2.33. The topological polar surface area (TPSA) is 71.0 Å². The van der Waals surface area contributed by atoms with Crippen molar-refractivity contribution in [2.24, 2.45) is 4.99 Å². The number of ether oxygens (including phenoxy) is 1. The molecule has 2 heterocycles. The lowest BCUT2D eigenvalue weighted by atomic mass is 10.2. The summed E-state index contributed by atoms with van der Waals surface area (Å²) in [5.74, 6) is -0.331. The molecule has 2 aliphatic rings. The van der Waals surface area contributed by atoms with E-state index in [9.17, 15) is 9.59 Å². The number of para-hydroxylation sites is 1. The largest absolute Gasteiger partial charge is 0.376 e. The van der Waals surface area contributed by atoms with E-state index in [2.05, 4.69) is 10.3 Å². The van der Waals surface area contributed by atoms with Crippen molar-refractivity contribution in [1.29, 1.82) is 0 Å². The van der Waals surface area contributed by atoms with Crippen molar-refractivity contribution in [3.05, 3.63) is 59.1 Å². The molecule has 2 aliphatic heterocycles. The molecule has 2 fully saturated rings. The normalized spacial score (nSPS) is 22.3. The van der Waals surface area contributed by atoms with E-state index < -0.39 is 5.25 Å². The lowest BCUT2D eigenvalue weighted by molar-refractivity contribution is -0.129. The fourth-order valence-electron chi connectivity index (χ4n) is 3.60. The number of benzene rings is 2. The Morgan fingerprint density at radius 1 is 1.29 bits per heavy atom. The highest BCUT2D eigenvalue weighted by atomic mass is 35.5. The summed E-state index contributed by atoms with van der Waals surface area (Å²) in [6, 6.07) is 14.9. The van der Waals surface area contributed by atoms with Crippen LogP contribution in [-0.4, -0.2) is 46.4 Å². The fourth-order valence-corrected chi connectivity index (χ4v) is 4.94. The van der Waals surface area contributed by atoms with Crippen molar-refractivity contribution >= 4 is 51.7 Å². The minimum atomic E-state index is -0.525. The number of nitrogens with zero attached hydrogens (tertiary/aromatic N) is 2. The van der Waals surface area contributed by atoms with Crippen LogP contribution in [0.4, 0.5) is 11.4 Å². The quantitative estimate of drug-likeness (QED) is 0.677. The lowest BCUT2D eigenvalue weighted by Crippen LogP contribution is -2.38. The fraction of sp³-hybridized carbons (Fsp3) is 0.348. The molecule has 2 amide bonds. The number of hydrogen-bond donors (Lipinski definition) is 1. The molecule has 2 aromatic rings. The van der Waals surface area contributed by atoms with E-state index in [1.165, 1.54) is 11.8 Å². The summed E-state index contributed by atoms with van der Waals surface area (Å²) >= 11 is 7.38. The molecule has 0 spiro atoms. The first kappa shape index (κ1) is 21.9. The molecule has 0 radical (unpaired) electrons. The zero-order valence-electron chi connectivity index (χ0n) is 17.2. The van der Waals surface area contributed by atoms with E-state index in [0.717, 1.165) is 30.7 Å². The average Bonchev–Trinajstić information content (AvgIpc) is 3.36. The van der Waals surface area contributed by atoms with Gasteiger partial charge in [0.05, 0.1) is 18.3 Å². The molecule has 0 aromatic heterocycles. The van der Waals surface area contributed by atoms with Gasteiger partial charge >= 0.3 is 0 Å². The van der Waals surface area contributed by atoms with Gasteiger partial charge in [-0.25, -0.2) is 4.99 Å². The Balaban J connectivity index is 1.49. The van der Waals surface area contributed by atoms with Gasteiger partial charge in [-0.15, -0.1) is 0 Å². The van der Waals surface area contributed by atoms with Gasteiger partial charge in [0, 0.05) is 23.7 Å². The second kappa shape index (κ2) is 9.85. The summed E-state index contributed by atoms with van der Waals surface area (Å²) in [7, 11) is 0. The molecule has 0 aliphatic carbocycles. The Labute approximate surface area is 191 Å². The van der Waals surface area contributed by atoms with E-state index in [0.29, 0.717) is 22.4 Å². The van der Waals surface area contributed by atoms with Gasteiger partial charge in [-0.05, 0) is 49.6 Å². The number of rotatable bonds is 6. The van der Waals surface area contributed by atoms with Gasteiger partial charge in [0.15, 0.2) is 5.17 Å². The number of thioether (sulfide) groups is 1. The monoisotopic (exact) mass is 457 g/mol. The molecule has 2 aromatic carbocycles. The Kier molecular flexibility index (Phi) is 6.95. The summed E-state index contributed by atoms with van der Waals surface area (Å²) in [6.45, 7) is 3.08. The maximum Gasteiger partial charge on any atom is 0.242 e. The van der Waals surface area contributed by atoms with Gasteiger partial charge in [-0.2, -0.15) is 0 Å². The van der Waals surface area contributed by atoms with Crippen LogP contribution in [0.5, 0.6) is 0 Å². The highest BCUT2D eigenvalue weighted by molar-refractivity contribution is 8.15. The molecule has 0 bridgehead atoms. The van der Waals surface area contributed by atoms with Crippen LogP contribution in [0.25, 0.3) is 0 Å². The zero-order chi connectivity index (χ0) is 21.8. The van der Waals surface area contributed by atoms with Gasteiger partial charge in [0.2, 0.25) is 11.8 Å². The van der Waals surface area contributed by atoms with Gasteiger partial charge < -0.3 is 10.1 Å². The van der Waals surface area contributed by atoms with Crippen molar-refractivity contribution in [2.45, 2.75) is 37.5 Å². The molecule has 2 saturated heterocycles. The van der Waals surface area contributed by atoms with E-state index in [4.69, 9.17) is 16.3 Å². The van der Waals surface area contributed by atoms with Crippen molar-refractivity contribution < 1.29 is 14.3 Å². The number of nitrogens with one attached hydrogen (secondary N) is 1. The van der Waals surface area contributed by atoms with Crippen molar-refractivity contribution in [3.8, 4) is 0 Å². The van der Waals surface area contributed by atoms with Crippen LogP contribution in [-0.2, 0) is 14.3 Å². The molecule has 6 nitrogen and oxygen atoms in total. The molecule has 1 N–H and O–H groups in total. The standard InChI is InChI=1S/C23H24ClN3O3S/c1-15-9-10-16(24)12-19(15)26-21(28)13-20-22(29)27(14-18-8-5-11-30-18)23(31-20)25-17-6-3-2-4-7-17/h2-4,6-7,9-10,12,18,20H,5,8,11,13-14H2,1H3,(H,26,28)/t18-,20-/m0/s1.